The number of rotatable bonds is 7. The molecule has 1 aliphatic rings. The van der Waals surface area contributed by atoms with Gasteiger partial charge in [0.05, 0.1) is 18.3 Å². The molecule has 0 radical (unpaired) electrons. The van der Waals surface area contributed by atoms with Gasteiger partial charge in [-0.3, -0.25) is 4.79 Å². The van der Waals surface area contributed by atoms with Crippen LogP contribution >= 0.6 is 12.6 Å². The molecule has 0 fully saturated rings. The molecule has 1 heterocycles. The van der Waals surface area contributed by atoms with Gasteiger partial charge in [0.15, 0.2) is 0 Å². The van der Waals surface area contributed by atoms with Crippen LogP contribution in [-0.4, -0.2) is 41.7 Å². The molecule has 0 N–H and O–H groups in total. The third-order valence-electron chi connectivity index (χ3n) is 6.78. The van der Waals surface area contributed by atoms with Gasteiger partial charge in [-0.1, -0.05) is 91.5 Å². The van der Waals surface area contributed by atoms with E-state index in [4.69, 9.17) is 4.99 Å². The van der Waals surface area contributed by atoms with E-state index in [0.717, 1.165) is 28.2 Å². The fraction of sp³-hybridized carbons (Fsp3) is 0.226. The lowest BCUT2D eigenvalue weighted by atomic mass is 9.97. The Bertz CT molecular complexity index is 1270. The summed E-state index contributed by atoms with van der Waals surface area (Å²) in [5, 5.41) is -0.874. The number of carbonyl (C=O) groups is 1. The maximum absolute atomic E-state index is 14.3. The molecular weight excluding hydrogens is 481 g/mol. The molecule has 3 aromatic rings. The van der Waals surface area contributed by atoms with Crippen molar-refractivity contribution in [2.75, 3.05) is 20.1 Å². The summed E-state index contributed by atoms with van der Waals surface area (Å²) in [5.41, 5.74) is 4.39. The van der Waals surface area contributed by atoms with Crippen LogP contribution in [0.4, 0.5) is 4.39 Å². The lowest BCUT2D eigenvalue weighted by molar-refractivity contribution is -0.130. The van der Waals surface area contributed by atoms with E-state index in [9.17, 15) is 9.18 Å². The van der Waals surface area contributed by atoms with Crippen molar-refractivity contribution < 1.29 is 9.18 Å². The number of benzene rings is 3. The van der Waals surface area contributed by atoms with Gasteiger partial charge in [0, 0.05) is 19.2 Å². The molecular formula is C31H32FN3OS. The first kappa shape index (κ1) is 26.4. The number of amidine groups is 1. The van der Waals surface area contributed by atoms with Gasteiger partial charge in [0.2, 0.25) is 5.91 Å². The third kappa shape index (κ3) is 6.03. The molecule has 0 aromatic heterocycles. The van der Waals surface area contributed by atoms with Crippen LogP contribution in [0.3, 0.4) is 0 Å². The first-order valence-electron chi connectivity index (χ1n) is 12.3. The smallest absolute Gasteiger partial charge is 0.240 e. The number of carbonyl (C=O) groups excluding carboxylic acids is 1. The van der Waals surface area contributed by atoms with Crippen molar-refractivity contribution in [3.8, 4) is 0 Å². The van der Waals surface area contributed by atoms with Crippen LogP contribution in [-0.2, 0) is 4.79 Å². The summed E-state index contributed by atoms with van der Waals surface area (Å²) in [4.78, 5) is 22.1. The summed E-state index contributed by atoms with van der Waals surface area (Å²) in [6.07, 6.45) is 2.44. The Labute approximate surface area is 224 Å². The van der Waals surface area contributed by atoms with E-state index in [-0.39, 0.29) is 17.5 Å². The summed E-state index contributed by atoms with van der Waals surface area (Å²) in [6, 6.07) is 26.9. The van der Waals surface area contributed by atoms with Gasteiger partial charge < -0.3 is 9.80 Å². The monoisotopic (exact) mass is 513 g/mol. The van der Waals surface area contributed by atoms with Gasteiger partial charge in [-0.25, -0.2) is 9.38 Å². The average molecular weight is 514 g/mol. The maximum atomic E-state index is 14.3. The summed E-state index contributed by atoms with van der Waals surface area (Å²) >= 11 is 4.47. The van der Waals surface area contributed by atoms with Crippen molar-refractivity contribution in [3.05, 3.63) is 131 Å². The van der Waals surface area contributed by atoms with Gasteiger partial charge in [0.25, 0.3) is 0 Å². The molecule has 190 valence electrons. The Morgan fingerprint density at radius 3 is 2.16 bits per heavy atom. The van der Waals surface area contributed by atoms with Crippen LogP contribution in [0.1, 0.15) is 41.3 Å². The summed E-state index contributed by atoms with van der Waals surface area (Å²) in [6.45, 7) is 6.78. The largest absolute Gasteiger partial charge is 0.352 e. The fourth-order valence-electron chi connectivity index (χ4n) is 4.65. The number of hydrogen-bond donors (Lipinski definition) is 1. The number of allylic oxidation sites excluding steroid dienone is 1. The molecule has 1 unspecified atom stereocenters. The van der Waals surface area contributed by atoms with Crippen LogP contribution < -0.4 is 0 Å². The van der Waals surface area contributed by atoms with Crippen LogP contribution in [0.25, 0.3) is 0 Å². The quantitative estimate of drug-likeness (QED) is 0.219. The second kappa shape index (κ2) is 12.1. The van der Waals surface area contributed by atoms with Crippen molar-refractivity contribution >= 4 is 24.4 Å². The molecule has 0 bridgehead atoms. The fourth-order valence-corrected chi connectivity index (χ4v) is 5.02. The first-order valence-corrected chi connectivity index (χ1v) is 12.9. The summed E-state index contributed by atoms with van der Waals surface area (Å²) in [7, 11) is 2.03. The molecule has 1 atom stereocenters. The van der Waals surface area contributed by atoms with Crippen molar-refractivity contribution in [3.63, 3.8) is 0 Å². The molecule has 0 saturated carbocycles. The predicted octanol–water partition coefficient (Wildman–Crippen LogP) is 6.61. The van der Waals surface area contributed by atoms with Crippen LogP contribution in [0, 0.1) is 5.82 Å². The highest BCUT2D eigenvalue weighted by atomic mass is 32.1. The van der Waals surface area contributed by atoms with Gasteiger partial charge in [-0.2, -0.15) is 12.6 Å². The Balaban J connectivity index is 1.61. The molecule has 1 aliphatic heterocycles. The van der Waals surface area contributed by atoms with Crippen LogP contribution in [0.5, 0.6) is 0 Å². The second-order valence-electron chi connectivity index (χ2n) is 9.10. The summed E-state index contributed by atoms with van der Waals surface area (Å²) in [5.74, 6) is 0.151. The minimum Gasteiger partial charge on any atom is -0.352 e. The number of amides is 1. The van der Waals surface area contributed by atoms with Crippen LogP contribution in [0.2, 0.25) is 0 Å². The van der Waals surface area contributed by atoms with E-state index in [2.05, 4.69) is 48.4 Å². The Morgan fingerprint density at radius 2 is 1.59 bits per heavy atom. The number of halogens is 1. The van der Waals surface area contributed by atoms with E-state index in [1.165, 1.54) is 6.07 Å². The standard InChI is InChI=1S/C31H32FN3OS/c1-4-23-19-20-35(31(36)30(37)26-17-11-12-18-27(26)32)21-28(23)33-22(2)34(3)29(24-13-7-5-8-14-24)25-15-9-6-10-16-25/h4-18,29-30,37H,1,19-21H2,2-3H3. The Kier molecular flexibility index (Phi) is 8.62. The Morgan fingerprint density at radius 1 is 1.03 bits per heavy atom. The van der Waals surface area contributed by atoms with Crippen molar-refractivity contribution in [1.82, 2.24) is 9.80 Å². The van der Waals surface area contributed by atoms with Crippen molar-refractivity contribution in [1.29, 1.82) is 0 Å². The number of thiol groups is 1. The minimum atomic E-state index is -0.874. The topological polar surface area (TPSA) is 35.9 Å². The SMILES string of the molecule is C=CC1=C(N=C(C)N(C)C(c2ccccc2)c2ccccc2)CN(C(=O)C(S)c2ccccc2F)CC1. The highest BCUT2D eigenvalue weighted by Crippen LogP contribution is 2.30. The zero-order valence-electron chi connectivity index (χ0n) is 21.2. The highest BCUT2D eigenvalue weighted by molar-refractivity contribution is 7.81. The third-order valence-corrected chi connectivity index (χ3v) is 7.28. The first-order chi connectivity index (χ1) is 17.9. The molecule has 37 heavy (non-hydrogen) atoms. The van der Waals surface area contributed by atoms with E-state index in [1.807, 2.05) is 56.4 Å². The molecule has 1 amide bonds. The normalized spacial score (nSPS) is 15.1. The molecule has 0 aliphatic carbocycles. The maximum Gasteiger partial charge on any atom is 0.240 e. The highest BCUT2D eigenvalue weighted by Gasteiger charge is 2.29. The lowest BCUT2D eigenvalue weighted by Crippen LogP contribution is -2.39. The van der Waals surface area contributed by atoms with Gasteiger partial charge in [-0.15, -0.1) is 0 Å². The average Bonchev–Trinajstić information content (AvgIpc) is 2.93. The van der Waals surface area contributed by atoms with Gasteiger partial charge in [-0.05, 0) is 36.1 Å². The lowest BCUT2D eigenvalue weighted by Gasteiger charge is -2.33. The number of aliphatic imine (C=N–C) groups is 1. The molecule has 3 aromatic carbocycles. The summed E-state index contributed by atoms with van der Waals surface area (Å²) < 4.78 is 14.3. The predicted molar refractivity (Wildman–Crippen MR) is 152 cm³/mol. The van der Waals surface area contributed by atoms with Crippen molar-refractivity contribution in [2.45, 2.75) is 24.6 Å². The van der Waals surface area contributed by atoms with Crippen LogP contribution in [0.15, 0.2) is 114 Å². The molecule has 4 nitrogen and oxygen atoms in total. The number of hydrogen-bond acceptors (Lipinski definition) is 3. The molecule has 4 rings (SSSR count). The van der Waals surface area contributed by atoms with E-state index in [1.54, 1.807) is 23.1 Å². The van der Waals surface area contributed by atoms with Gasteiger partial charge >= 0.3 is 0 Å². The van der Waals surface area contributed by atoms with E-state index < -0.39 is 11.1 Å². The molecule has 0 saturated heterocycles. The van der Waals surface area contributed by atoms with Gasteiger partial charge in [0.1, 0.15) is 16.9 Å². The minimum absolute atomic E-state index is 0.0249. The molecule has 6 heteroatoms. The Hall–Kier alpha value is -3.64. The van der Waals surface area contributed by atoms with Crippen molar-refractivity contribution in [2.24, 2.45) is 4.99 Å². The second-order valence-corrected chi connectivity index (χ2v) is 9.62. The zero-order chi connectivity index (χ0) is 26.4. The van der Waals surface area contributed by atoms with E-state index >= 15 is 0 Å². The molecule has 0 spiro atoms. The van der Waals surface area contributed by atoms with E-state index in [0.29, 0.717) is 19.5 Å². The number of nitrogens with zero attached hydrogens (tertiary/aromatic N) is 3. The zero-order valence-corrected chi connectivity index (χ0v) is 22.1.